The van der Waals surface area contributed by atoms with Crippen LogP contribution in [-0.4, -0.2) is 62.8 Å². The Morgan fingerprint density at radius 1 is 0.347 bits per heavy atom. The van der Waals surface area contributed by atoms with Gasteiger partial charge in [0.2, 0.25) is 0 Å². The molecule has 8 aromatic carbocycles. The standard InChI is InChI=1S/C40H32B8O/c41-33-29-27(20-12-13-25-23(15-20)24-14-18-7-1-2-8-19(18)16-26(24)49-25)30-32(36(44)40(48)38(46)34(30)42)28(31(29)35(43)39(47)37(33)45)22-11-5-9-17-6-3-4-10-21(17)22/h1-16H,41-48H2. The Morgan fingerprint density at radius 2 is 0.837 bits per heavy atom. The second kappa shape index (κ2) is 10.8. The summed E-state index contributed by atoms with van der Waals surface area (Å²) in [5, 5.41) is 12.8. The fraction of sp³-hybridized carbons (Fsp3) is 0. The third kappa shape index (κ3) is 4.18. The Bertz CT molecular complexity index is 2840. The summed E-state index contributed by atoms with van der Waals surface area (Å²) in [4.78, 5) is 0. The number of hydrogen-bond donors (Lipinski definition) is 0. The molecule has 9 aromatic rings. The Kier molecular flexibility index (Phi) is 6.66. The molecule has 222 valence electrons. The Labute approximate surface area is 294 Å². The molecule has 1 heterocycles. The van der Waals surface area contributed by atoms with Gasteiger partial charge in [-0.25, -0.2) is 0 Å². The van der Waals surface area contributed by atoms with Gasteiger partial charge in [-0.3, -0.25) is 0 Å². The molecule has 0 saturated carbocycles. The van der Waals surface area contributed by atoms with Crippen molar-refractivity contribution in [2.45, 2.75) is 0 Å². The average molecular weight is 615 g/mol. The lowest BCUT2D eigenvalue weighted by molar-refractivity contribution is 0.669. The van der Waals surface area contributed by atoms with Crippen LogP contribution in [0, 0.1) is 0 Å². The van der Waals surface area contributed by atoms with Gasteiger partial charge in [-0.15, -0.1) is 21.9 Å². The quantitative estimate of drug-likeness (QED) is 0.156. The van der Waals surface area contributed by atoms with E-state index in [-0.39, 0.29) is 0 Å². The summed E-state index contributed by atoms with van der Waals surface area (Å²) >= 11 is 0. The zero-order chi connectivity index (χ0) is 33.9. The van der Waals surface area contributed by atoms with Crippen LogP contribution >= 0.6 is 0 Å². The van der Waals surface area contributed by atoms with Crippen LogP contribution in [0.1, 0.15) is 0 Å². The van der Waals surface area contributed by atoms with Crippen LogP contribution < -0.4 is 43.7 Å². The maximum atomic E-state index is 6.50. The number of benzene rings is 8. The lowest BCUT2D eigenvalue weighted by Gasteiger charge is -2.28. The minimum absolute atomic E-state index is 0.926. The van der Waals surface area contributed by atoms with E-state index in [0.717, 1.165) is 21.9 Å². The van der Waals surface area contributed by atoms with Crippen molar-refractivity contribution in [3.63, 3.8) is 0 Å². The molecule has 1 aromatic heterocycles. The maximum Gasteiger partial charge on any atom is 0.139 e. The lowest BCUT2D eigenvalue weighted by Crippen LogP contribution is -2.50. The molecule has 0 aliphatic heterocycles. The van der Waals surface area contributed by atoms with Crippen molar-refractivity contribution in [2.75, 3.05) is 0 Å². The maximum absolute atomic E-state index is 6.50. The van der Waals surface area contributed by atoms with Crippen molar-refractivity contribution < 1.29 is 4.42 Å². The van der Waals surface area contributed by atoms with Gasteiger partial charge in [0.05, 0.1) is 0 Å². The molecule has 0 aliphatic carbocycles. The normalized spacial score (nSPS) is 11.9. The van der Waals surface area contributed by atoms with Crippen LogP contribution in [0.25, 0.3) is 87.3 Å². The highest BCUT2D eigenvalue weighted by molar-refractivity contribution is 6.71. The Balaban J connectivity index is 1.54. The minimum Gasteiger partial charge on any atom is -0.456 e. The van der Waals surface area contributed by atoms with Gasteiger partial charge in [0.15, 0.2) is 0 Å². The first-order valence-corrected chi connectivity index (χ1v) is 17.4. The molecule has 0 atom stereocenters. The first-order chi connectivity index (χ1) is 23.7. The lowest BCUT2D eigenvalue weighted by atomic mass is 9.59. The van der Waals surface area contributed by atoms with Crippen molar-refractivity contribution in [3.8, 4) is 22.3 Å². The molecule has 0 radical (unpaired) electrons. The van der Waals surface area contributed by atoms with E-state index < -0.39 is 0 Å². The molecular formula is C40H32B8O. The van der Waals surface area contributed by atoms with Gasteiger partial charge >= 0.3 is 0 Å². The third-order valence-corrected chi connectivity index (χ3v) is 12.1. The zero-order valence-electron chi connectivity index (χ0n) is 29.6. The highest BCUT2D eigenvalue weighted by atomic mass is 16.3. The Morgan fingerprint density at radius 3 is 1.45 bits per heavy atom. The van der Waals surface area contributed by atoms with E-state index in [1.54, 1.807) is 0 Å². The fourth-order valence-electron chi connectivity index (χ4n) is 8.74. The number of furan rings is 1. The van der Waals surface area contributed by atoms with E-state index in [1.165, 1.54) is 109 Å². The van der Waals surface area contributed by atoms with Crippen LogP contribution in [0.4, 0.5) is 0 Å². The molecule has 49 heavy (non-hydrogen) atoms. The van der Waals surface area contributed by atoms with Gasteiger partial charge < -0.3 is 4.42 Å². The smallest absolute Gasteiger partial charge is 0.139 e. The van der Waals surface area contributed by atoms with Crippen molar-refractivity contribution in [2.24, 2.45) is 0 Å². The molecule has 0 saturated heterocycles. The molecule has 0 unspecified atom stereocenters. The van der Waals surface area contributed by atoms with Crippen LogP contribution in [0.5, 0.6) is 0 Å². The minimum atomic E-state index is 0.926. The van der Waals surface area contributed by atoms with E-state index in [9.17, 15) is 0 Å². The second-order valence-electron chi connectivity index (χ2n) is 14.3. The number of hydrogen-bond acceptors (Lipinski definition) is 1. The monoisotopic (exact) mass is 616 g/mol. The molecule has 0 aliphatic rings. The second-order valence-corrected chi connectivity index (χ2v) is 14.3. The van der Waals surface area contributed by atoms with E-state index in [1.807, 2.05) is 0 Å². The van der Waals surface area contributed by atoms with Gasteiger partial charge in [0, 0.05) is 10.8 Å². The van der Waals surface area contributed by atoms with Crippen molar-refractivity contribution in [3.05, 3.63) is 97.1 Å². The largest absolute Gasteiger partial charge is 0.456 e. The predicted molar refractivity (Wildman–Crippen MR) is 240 cm³/mol. The first kappa shape index (κ1) is 30.2. The van der Waals surface area contributed by atoms with Gasteiger partial charge in [0.1, 0.15) is 73.9 Å². The van der Waals surface area contributed by atoms with Crippen molar-refractivity contribution >= 4 is 172 Å². The van der Waals surface area contributed by atoms with Gasteiger partial charge in [0.25, 0.3) is 0 Å². The first-order valence-electron chi connectivity index (χ1n) is 17.4. The van der Waals surface area contributed by atoms with Crippen LogP contribution in [0.2, 0.25) is 0 Å². The molecule has 9 heteroatoms. The van der Waals surface area contributed by atoms with Gasteiger partial charge in [-0.1, -0.05) is 94.6 Å². The Hall–Kier alpha value is -4.88. The highest BCUT2D eigenvalue weighted by Crippen LogP contribution is 2.44. The van der Waals surface area contributed by atoms with E-state index >= 15 is 0 Å². The van der Waals surface area contributed by atoms with Crippen LogP contribution in [0.15, 0.2) is 101 Å². The molecule has 9 rings (SSSR count). The SMILES string of the molecule is Bc1c(B)c(B)c2c(-c3cccc4ccccc34)c3c(B)c(B)c(B)c(B)c3c(-c3ccc4oc5cc6ccccc6cc5c4c3)c2c1B. The van der Waals surface area contributed by atoms with Crippen molar-refractivity contribution in [1.82, 2.24) is 0 Å². The van der Waals surface area contributed by atoms with E-state index in [2.05, 4.69) is 160 Å². The topological polar surface area (TPSA) is 13.1 Å². The summed E-state index contributed by atoms with van der Waals surface area (Å²) in [5.41, 5.74) is 18.0. The van der Waals surface area contributed by atoms with Crippen LogP contribution in [0.3, 0.4) is 0 Å². The molecular weight excluding hydrogens is 583 g/mol. The fourth-order valence-corrected chi connectivity index (χ4v) is 8.74. The molecule has 0 N–H and O–H groups in total. The third-order valence-electron chi connectivity index (χ3n) is 12.1. The summed E-state index contributed by atoms with van der Waals surface area (Å²) < 4.78 is 6.50. The number of fused-ring (bicyclic) bond motifs is 7. The van der Waals surface area contributed by atoms with Crippen molar-refractivity contribution in [1.29, 1.82) is 0 Å². The van der Waals surface area contributed by atoms with E-state index in [0.29, 0.717) is 0 Å². The van der Waals surface area contributed by atoms with E-state index in [4.69, 9.17) is 4.42 Å². The molecule has 0 bridgehead atoms. The summed E-state index contributed by atoms with van der Waals surface area (Å²) in [6.07, 6.45) is 0. The molecule has 0 amide bonds. The summed E-state index contributed by atoms with van der Waals surface area (Å²) in [7, 11) is 18.6. The highest BCUT2D eigenvalue weighted by Gasteiger charge is 2.26. The zero-order valence-corrected chi connectivity index (χ0v) is 29.6. The van der Waals surface area contributed by atoms with Crippen LogP contribution in [-0.2, 0) is 0 Å². The molecule has 0 fully saturated rings. The average Bonchev–Trinajstić information content (AvgIpc) is 3.48. The number of rotatable bonds is 2. The summed E-state index contributed by atoms with van der Waals surface area (Å²) in [6, 6.07) is 35.6. The molecule has 0 spiro atoms. The van der Waals surface area contributed by atoms with Gasteiger partial charge in [-0.05, 0) is 89.6 Å². The predicted octanol–water partition coefficient (Wildman–Crippen LogP) is -2.40. The summed E-state index contributed by atoms with van der Waals surface area (Å²) in [5.74, 6) is 0. The summed E-state index contributed by atoms with van der Waals surface area (Å²) in [6.45, 7) is 0. The van der Waals surface area contributed by atoms with Gasteiger partial charge in [-0.2, -0.15) is 0 Å². The molecule has 1 nitrogen and oxygen atoms in total.